The van der Waals surface area contributed by atoms with Crippen LogP contribution in [0.5, 0.6) is 17.2 Å². The first kappa shape index (κ1) is 25.0. The molecule has 2 unspecified atom stereocenters. The number of hydrogen-bond donors (Lipinski definition) is 2. The van der Waals surface area contributed by atoms with Gasteiger partial charge in [0.25, 0.3) is 5.91 Å². The monoisotopic (exact) mass is 484 g/mol. The first-order valence-corrected chi connectivity index (χ1v) is 11.5. The van der Waals surface area contributed by atoms with Crippen LogP contribution in [0.4, 0.5) is 5.13 Å². The molecular weight excluding hydrogens is 456 g/mol. The van der Waals surface area contributed by atoms with Crippen LogP contribution in [0.2, 0.25) is 0 Å². The number of amides is 2. The number of hydrogen-bond acceptors (Lipinski definition) is 8. The number of nitrogens with zero attached hydrogens (tertiary/aromatic N) is 2. The molecule has 10 heteroatoms. The Hall–Kier alpha value is -3.66. The van der Waals surface area contributed by atoms with Gasteiger partial charge < -0.3 is 19.5 Å². The van der Waals surface area contributed by atoms with Crippen LogP contribution < -0.4 is 24.8 Å². The van der Waals surface area contributed by atoms with Crippen molar-refractivity contribution < 1.29 is 23.8 Å². The smallest absolute Gasteiger partial charge is 0.252 e. The van der Waals surface area contributed by atoms with Crippen molar-refractivity contribution in [3.8, 4) is 27.8 Å². The molecule has 0 saturated heterocycles. The summed E-state index contributed by atoms with van der Waals surface area (Å²) in [7, 11) is 4.61. The van der Waals surface area contributed by atoms with Crippen LogP contribution in [-0.2, 0) is 4.79 Å². The molecule has 2 N–H and O–H groups in total. The quantitative estimate of drug-likeness (QED) is 0.447. The molecule has 2 aromatic carbocycles. The van der Waals surface area contributed by atoms with Crippen molar-refractivity contribution in [1.82, 2.24) is 15.5 Å². The highest BCUT2D eigenvalue weighted by Crippen LogP contribution is 2.29. The SMILES string of the molecule is CCC(C)C(NC(=O)c1cc(OC)cc(OC)c1)C(=O)Nc1nnc(-c2cccc(OC)c2)s1. The second-order valence-electron chi connectivity index (χ2n) is 7.57. The van der Waals surface area contributed by atoms with Gasteiger partial charge >= 0.3 is 0 Å². The van der Waals surface area contributed by atoms with Gasteiger partial charge in [-0.15, -0.1) is 10.2 Å². The Bertz CT molecular complexity index is 1130. The lowest BCUT2D eigenvalue weighted by Gasteiger charge is -2.23. The van der Waals surface area contributed by atoms with Gasteiger partial charge in [-0.25, -0.2) is 0 Å². The molecule has 0 saturated carbocycles. The van der Waals surface area contributed by atoms with Crippen molar-refractivity contribution in [2.75, 3.05) is 26.6 Å². The summed E-state index contributed by atoms with van der Waals surface area (Å²) >= 11 is 1.24. The van der Waals surface area contributed by atoms with Gasteiger partial charge in [0, 0.05) is 17.2 Å². The summed E-state index contributed by atoms with van der Waals surface area (Å²) in [6.07, 6.45) is 0.685. The third kappa shape index (κ3) is 6.02. The minimum absolute atomic E-state index is 0.123. The normalized spacial score (nSPS) is 12.4. The Kier molecular flexibility index (Phi) is 8.42. The summed E-state index contributed by atoms with van der Waals surface area (Å²) in [5.41, 5.74) is 1.16. The van der Waals surface area contributed by atoms with Crippen molar-refractivity contribution in [3.05, 3.63) is 48.0 Å². The third-order valence-corrected chi connectivity index (χ3v) is 6.26. The van der Waals surface area contributed by atoms with Crippen LogP contribution >= 0.6 is 11.3 Å². The average molecular weight is 485 g/mol. The fourth-order valence-corrected chi connectivity index (χ4v) is 3.94. The van der Waals surface area contributed by atoms with Gasteiger partial charge in [0.2, 0.25) is 11.0 Å². The van der Waals surface area contributed by atoms with E-state index in [9.17, 15) is 9.59 Å². The van der Waals surface area contributed by atoms with E-state index in [2.05, 4.69) is 20.8 Å². The van der Waals surface area contributed by atoms with Crippen LogP contribution in [-0.4, -0.2) is 49.4 Å². The van der Waals surface area contributed by atoms with Crippen molar-refractivity contribution in [2.24, 2.45) is 5.92 Å². The van der Waals surface area contributed by atoms with Crippen molar-refractivity contribution in [2.45, 2.75) is 26.3 Å². The number of nitrogens with one attached hydrogen (secondary N) is 2. The Morgan fingerprint density at radius 1 is 0.971 bits per heavy atom. The summed E-state index contributed by atoms with van der Waals surface area (Å²) in [5.74, 6) is 0.757. The highest BCUT2D eigenvalue weighted by Gasteiger charge is 2.27. The molecule has 2 atom stereocenters. The number of carbonyl (C=O) groups excluding carboxylic acids is 2. The lowest BCUT2D eigenvalue weighted by molar-refractivity contribution is -0.119. The molecule has 1 aromatic heterocycles. The number of anilines is 1. The topological polar surface area (TPSA) is 112 Å². The predicted molar refractivity (Wildman–Crippen MR) is 131 cm³/mol. The Labute approximate surface area is 202 Å². The van der Waals surface area contributed by atoms with E-state index in [0.717, 1.165) is 5.56 Å². The molecule has 0 aliphatic heterocycles. The van der Waals surface area contributed by atoms with Gasteiger partial charge in [-0.3, -0.25) is 14.9 Å². The molecule has 0 radical (unpaired) electrons. The summed E-state index contributed by atoms with van der Waals surface area (Å²) in [6.45, 7) is 3.86. The van der Waals surface area contributed by atoms with E-state index in [4.69, 9.17) is 14.2 Å². The second kappa shape index (κ2) is 11.5. The van der Waals surface area contributed by atoms with Crippen LogP contribution in [0.15, 0.2) is 42.5 Å². The predicted octanol–water partition coefficient (Wildman–Crippen LogP) is 4.01. The second-order valence-corrected chi connectivity index (χ2v) is 8.55. The molecule has 2 amide bonds. The number of carbonyl (C=O) groups is 2. The van der Waals surface area contributed by atoms with E-state index < -0.39 is 11.9 Å². The maximum atomic E-state index is 13.1. The largest absolute Gasteiger partial charge is 0.497 e. The number of benzene rings is 2. The van der Waals surface area contributed by atoms with Crippen molar-refractivity contribution in [3.63, 3.8) is 0 Å². The molecule has 0 fully saturated rings. The zero-order chi connectivity index (χ0) is 24.7. The van der Waals surface area contributed by atoms with Gasteiger partial charge in [-0.2, -0.15) is 0 Å². The minimum Gasteiger partial charge on any atom is -0.497 e. The molecule has 3 rings (SSSR count). The number of methoxy groups -OCH3 is 3. The maximum Gasteiger partial charge on any atom is 0.252 e. The molecule has 34 heavy (non-hydrogen) atoms. The summed E-state index contributed by atoms with van der Waals surface area (Å²) in [6, 6.07) is 11.5. The number of rotatable bonds is 10. The third-order valence-electron chi connectivity index (χ3n) is 5.37. The van der Waals surface area contributed by atoms with Gasteiger partial charge in [0.15, 0.2) is 0 Å². The molecule has 3 aromatic rings. The van der Waals surface area contributed by atoms with Gasteiger partial charge in [0.05, 0.1) is 21.3 Å². The summed E-state index contributed by atoms with van der Waals surface area (Å²) < 4.78 is 15.7. The van der Waals surface area contributed by atoms with Crippen LogP contribution in [0, 0.1) is 5.92 Å². The molecular formula is C24H28N4O5S. The number of ether oxygens (including phenoxy) is 3. The zero-order valence-electron chi connectivity index (χ0n) is 19.7. The molecule has 9 nitrogen and oxygen atoms in total. The first-order chi connectivity index (χ1) is 16.4. The van der Waals surface area contributed by atoms with Crippen LogP contribution in [0.25, 0.3) is 10.6 Å². The minimum atomic E-state index is -0.779. The van der Waals surface area contributed by atoms with Crippen LogP contribution in [0.1, 0.15) is 30.6 Å². The Morgan fingerprint density at radius 3 is 2.26 bits per heavy atom. The fraction of sp³-hybridized carbons (Fsp3) is 0.333. The van der Waals surface area contributed by atoms with Gasteiger partial charge in [-0.1, -0.05) is 43.7 Å². The van der Waals surface area contributed by atoms with Crippen molar-refractivity contribution >= 4 is 28.3 Å². The maximum absolute atomic E-state index is 13.1. The fourth-order valence-electron chi connectivity index (χ4n) is 3.19. The standard InChI is InChI=1S/C24H28N4O5S/c1-6-14(2)20(25-21(29)16-11-18(32-4)13-19(12-16)33-5)22(30)26-24-28-27-23(34-24)15-8-7-9-17(10-15)31-3/h7-14,20H,6H2,1-5H3,(H,25,29)(H,26,28,30). The lowest BCUT2D eigenvalue weighted by Crippen LogP contribution is -2.47. The molecule has 0 bridgehead atoms. The number of aromatic nitrogens is 2. The zero-order valence-corrected chi connectivity index (χ0v) is 20.6. The molecule has 0 aliphatic rings. The Balaban J connectivity index is 1.76. The average Bonchev–Trinajstić information content (AvgIpc) is 3.34. The van der Waals surface area contributed by atoms with E-state index >= 15 is 0 Å². The van der Waals surface area contributed by atoms with Gasteiger partial charge in [-0.05, 0) is 30.2 Å². The van der Waals surface area contributed by atoms with Crippen molar-refractivity contribution in [1.29, 1.82) is 0 Å². The van der Waals surface area contributed by atoms with Crippen LogP contribution in [0.3, 0.4) is 0 Å². The van der Waals surface area contributed by atoms with E-state index in [0.29, 0.717) is 39.4 Å². The lowest BCUT2D eigenvalue weighted by atomic mass is 9.98. The van der Waals surface area contributed by atoms with E-state index in [1.54, 1.807) is 25.3 Å². The van der Waals surface area contributed by atoms with E-state index in [1.807, 2.05) is 38.1 Å². The molecule has 0 spiro atoms. The first-order valence-electron chi connectivity index (χ1n) is 10.7. The molecule has 0 aliphatic carbocycles. The highest BCUT2D eigenvalue weighted by molar-refractivity contribution is 7.18. The molecule has 180 valence electrons. The van der Waals surface area contributed by atoms with Gasteiger partial charge in [0.1, 0.15) is 28.3 Å². The van der Waals surface area contributed by atoms with E-state index in [-0.39, 0.29) is 11.8 Å². The Morgan fingerprint density at radius 2 is 1.65 bits per heavy atom. The molecule has 1 heterocycles. The summed E-state index contributed by atoms with van der Waals surface area (Å²) in [4.78, 5) is 26.1. The van der Waals surface area contributed by atoms with E-state index in [1.165, 1.54) is 25.6 Å². The highest BCUT2D eigenvalue weighted by atomic mass is 32.1. The summed E-state index contributed by atoms with van der Waals surface area (Å²) in [5, 5.41) is 14.9.